The standard InChI is InChI=1S/C18H26N2O3S/c1-13(2)8-9-17(21)20-10-11-23-15(12-20)18(22)19-14-6-4-5-7-16(14)24-3/h4-7,13,15H,8-12H2,1-3H3,(H,19,22). The van der Waals surface area contributed by atoms with Crippen LogP contribution in [0.15, 0.2) is 29.2 Å². The Bertz CT molecular complexity index is 577. The van der Waals surface area contributed by atoms with E-state index >= 15 is 0 Å². The summed E-state index contributed by atoms with van der Waals surface area (Å²) in [5.41, 5.74) is 0.779. The van der Waals surface area contributed by atoms with Crippen molar-refractivity contribution in [3.63, 3.8) is 0 Å². The number of amides is 2. The second kappa shape index (κ2) is 9.08. The van der Waals surface area contributed by atoms with E-state index in [9.17, 15) is 9.59 Å². The molecule has 0 aromatic heterocycles. The fourth-order valence-corrected chi connectivity index (χ4v) is 3.12. The predicted molar refractivity (Wildman–Crippen MR) is 97.2 cm³/mol. The Morgan fingerprint density at radius 1 is 1.38 bits per heavy atom. The summed E-state index contributed by atoms with van der Waals surface area (Å²) >= 11 is 1.58. The molecule has 1 aromatic rings. The monoisotopic (exact) mass is 350 g/mol. The van der Waals surface area contributed by atoms with Gasteiger partial charge < -0.3 is 15.0 Å². The number of para-hydroxylation sites is 1. The molecule has 1 aromatic carbocycles. The van der Waals surface area contributed by atoms with Gasteiger partial charge in [-0.05, 0) is 30.7 Å². The van der Waals surface area contributed by atoms with E-state index in [0.717, 1.165) is 17.0 Å². The van der Waals surface area contributed by atoms with Crippen molar-refractivity contribution in [3.05, 3.63) is 24.3 Å². The van der Waals surface area contributed by atoms with E-state index in [1.807, 2.05) is 30.5 Å². The molecule has 6 heteroatoms. The molecule has 1 aliphatic rings. The van der Waals surface area contributed by atoms with Crippen molar-refractivity contribution in [2.45, 2.75) is 37.7 Å². The summed E-state index contributed by atoms with van der Waals surface area (Å²) in [5.74, 6) is 0.407. The first-order chi connectivity index (χ1) is 11.5. The normalized spacial score (nSPS) is 17.8. The molecule has 1 aliphatic heterocycles. The Hall–Kier alpha value is -1.53. The van der Waals surface area contributed by atoms with Crippen LogP contribution in [0.25, 0.3) is 0 Å². The predicted octanol–water partition coefficient (Wildman–Crippen LogP) is 3.01. The van der Waals surface area contributed by atoms with Crippen LogP contribution in [0.2, 0.25) is 0 Å². The molecule has 1 heterocycles. The van der Waals surface area contributed by atoms with Crippen molar-refractivity contribution < 1.29 is 14.3 Å². The van der Waals surface area contributed by atoms with Crippen LogP contribution in [0.5, 0.6) is 0 Å². The molecule has 1 saturated heterocycles. The minimum absolute atomic E-state index is 0.106. The van der Waals surface area contributed by atoms with Crippen LogP contribution in [-0.2, 0) is 14.3 Å². The van der Waals surface area contributed by atoms with Crippen LogP contribution in [0, 0.1) is 5.92 Å². The van der Waals surface area contributed by atoms with Crippen LogP contribution in [0.1, 0.15) is 26.7 Å². The van der Waals surface area contributed by atoms with Crippen molar-refractivity contribution >= 4 is 29.3 Å². The Balaban J connectivity index is 1.93. The molecule has 5 nitrogen and oxygen atoms in total. The highest BCUT2D eigenvalue weighted by molar-refractivity contribution is 7.98. The minimum atomic E-state index is -0.614. The number of nitrogens with zero attached hydrogens (tertiary/aromatic N) is 1. The Labute approximate surface area is 148 Å². The van der Waals surface area contributed by atoms with Gasteiger partial charge >= 0.3 is 0 Å². The maximum absolute atomic E-state index is 12.5. The zero-order valence-corrected chi connectivity index (χ0v) is 15.4. The van der Waals surface area contributed by atoms with E-state index in [1.165, 1.54) is 0 Å². The number of nitrogens with one attached hydrogen (secondary N) is 1. The van der Waals surface area contributed by atoms with Gasteiger partial charge in [0.25, 0.3) is 5.91 Å². The molecule has 132 valence electrons. The van der Waals surface area contributed by atoms with Crippen LogP contribution in [-0.4, -0.2) is 48.8 Å². The highest BCUT2D eigenvalue weighted by Crippen LogP contribution is 2.25. The third-order valence-corrected chi connectivity index (χ3v) is 4.81. The van der Waals surface area contributed by atoms with E-state index in [2.05, 4.69) is 19.2 Å². The van der Waals surface area contributed by atoms with Gasteiger partial charge in [-0.25, -0.2) is 0 Å². The number of anilines is 1. The molecule has 0 spiro atoms. The Morgan fingerprint density at radius 3 is 2.83 bits per heavy atom. The van der Waals surface area contributed by atoms with Crippen LogP contribution in [0.4, 0.5) is 5.69 Å². The largest absolute Gasteiger partial charge is 0.365 e. The fourth-order valence-electron chi connectivity index (χ4n) is 2.57. The lowest BCUT2D eigenvalue weighted by Crippen LogP contribution is -2.50. The molecule has 1 N–H and O–H groups in total. The van der Waals surface area contributed by atoms with Crippen LogP contribution in [0.3, 0.4) is 0 Å². The van der Waals surface area contributed by atoms with Crippen molar-refractivity contribution in [3.8, 4) is 0 Å². The summed E-state index contributed by atoms with van der Waals surface area (Å²) < 4.78 is 5.58. The first-order valence-electron chi connectivity index (χ1n) is 8.34. The zero-order chi connectivity index (χ0) is 17.5. The van der Waals surface area contributed by atoms with E-state index in [4.69, 9.17) is 4.74 Å². The summed E-state index contributed by atoms with van der Waals surface area (Å²) in [6, 6.07) is 7.66. The van der Waals surface area contributed by atoms with Gasteiger partial charge in [-0.15, -0.1) is 11.8 Å². The summed E-state index contributed by atoms with van der Waals surface area (Å²) in [7, 11) is 0. The molecular formula is C18H26N2O3S. The van der Waals surface area contributed by atoms with Gasteiger partial charge in [-0.1, -0.05) is 26.0 Å². The average molecular weight is 350 g/mol. The second-order valence-electron chi connectivity index (χ2n) is 6.32. The molecule has 0 bridgehead atoms. The number of ether oxygens (including phenoxy) is 1. The van der Waals surface area contributed by atoms with Gasteiger partial charge in [0.1, 0.15) is 0 Å². The van der Waals surface area contributed by atoms with E-state index in [-0.39, 0.29) is 11.8 Å². The Morgan fingerprint density at radius 2 is 2.12 bits per heavy atom. The molecule has 0 radical (unpaired) electrons. The van der Waals surface area contributed by atoms with Crippen LogP contribution >= 0.6 is 11.8 Å². The van der Waals surface area contributed by atoms with E-state index < -0.39 is 6.10 Å². The highest BCUT2D eigenvalue weighted by Gasteiger charge is 2.29. The first-order valence-corrected chi connectivity index (χ1v) is 9.57. The first kappa shape index (κ1) is 18.8. The number of morpholine rings is 1. The minimum Gasteiger partial charge on any atom is -0.365 e. The fraction of sp³-hybridized carbons (Fsp3) is 0.556. The molecular weight excluding hydrogens is 324 g/mol. The molecule has 24 heavy (non-hydrogen) atoms. The van der Waals surface area contributed by atoms with Gasteiger partial charge in [-0.2, -0.15) is 0 Å². The second-order valence-corrected chi connectivity index (χ2v) is 7.17. The average Bonchev–Trinajstić information content (AvgIpc) is 2.60. The molecule has 2 rings (SSSR count). The van der Waals surface area contributed by atoms with E-state index in [1.54, 1.807) is 16.7 Å². The van der Waals surface area contributed by atoms with Crippen molar-refractivity contribution in [1.29, 1.82) is 0 Å². The van der Waals surface area contributed by atoms with Crippen LogP contribution < -0.4 is 5.32 Å². The van der Waals surface area contributed by atoms with Gasteiger partial charge in [-0.3, -0.25) is 9.59 Å². The van der Waals surface area contributed by atoms with Gasteiger partial charge in [0.15, 0.2) is 6.10 Å². The maximum Gasteiger partial charge on any atom is 0.255 e. The maximum atomic E-state index is 12.5. The number of carbonyl (C=O) groups is 2. The molecule has 1 unspecified atom stereocenters. The third kappa shape index (κ3) is 5.24. The SMILES string of the molecule is CSc1ccccc1NC(=O)C1CN(C(=O)CCC(C)C)CCO1. The quantitative estimate of drug-likeness (QED) is 0.801. The van der Waals surface area contributed by atoms with Crippen molar-refractivity contribution in [2.75, 3.05) is 31.3 Å². The number of benzene rings is 1. The molecule has 1 fully saturated rings. The van der Waals surface area contributed by atoms with Crippen molar-refractivity contribution in [2.24, 2.45) is 5.92 Å². The summed E-state index contributed by atoms with van der Waals surface area (Å²) in [4.78, 5) is 27.5. The molecule has 0 aliphatic carbocycles. The third-order valence-electron chi connectivity index (χ3n) is 4.01. The van der Waals surface area contributed by atoms with Gasteiger partial charge in [0.2, 0.25) is 5.91 Å². The molecule has 0 saturated carbocycles. The number of hydrogen-bond donors (Lipinski definition) is 1. The summed E-state index contributed by atoms with van der Waals surface area (Å²) in [5, 5.41) is 2.92. The lowest BCUT2D eigenvalue weighted by atomic mass is 10.1. The molecule has 1 atom stereocenters. The zero-order valence-electron chi connectivity index (χ0n) is 14.6. The Kier molecular flexibility index (Phi) is 7.12. The topological polar surface area (TPSA) is 58.6 Å². The summed E-state index contributed by atoms with van der Waals surface area (Å²) in [6.45, 7) is 5.49. The van der Waals surface area contributed by atoms with E-state index in [0.29, 0.717) is 32.0 Å². The summed E-state index contributed by atoms with van der Waals surface area (Å²) in [6.07, 6.45) is 2.75. The lowest BCUT2D eigenvalue weighted by molar-refractivity contribution is -0.144. The lowest BCUT2D eigenvalue weighted by Gasteiger charge is -2.32. The highest BCUT2D eigenvalue weighted by atomic mass is 32.2. The number of carbonyl (C=O) groups excluding carboxylic acids is 2. The van der Waals surface area contributed by atoms with Gasteiger partial charge in [0, 0.05) is 17.9 Å². The number of rotatable bonds is 6. The number of thioether (sulfide) groups is 1. The van der Waals surface area contributed by atoms with Crippen molar-refractivity contribution in [1.82, 2.24) is 4.90 Å². The smallest absolute Gasteiger partial charge is 0.255 e. The van der Waals surface area contributed by atoms with Gasteiger partial charge in [0.05, 0.1) is 18.8 Å². The molecule has 2 amide bonds. The number of hydrogen-bond acceptors (Lipinski definition) is 4.